The van der Waals surface area contributed by atoms with E-state index in [0.29, 0.717) is 6.10 Å². The number of morpholine rings is 1. The zero-order valence-electron chi connectivity index (χ0n) is 9.85. The molecule has 0 spiro atoms. The highest BCUT2D eigenvalue weighted by Gasteiger charge is 2.21. The molecule has 0 aliphatic carbocycles. The Morgan fingerprint density at radius 1 is 1.19 bits per heavy atom. The third-order valence-electron chi connectivity index (χ3n) is 3.28. The van der Waals surface area contributed by atoms with Crippen LogP contribution in [0.5, 0.6) is 0 Å². The van der Waals surface area contributed by atoms with Crippen molar-refractivity contribution in [2.24, 2.45) is 0 Å². The number of piperazine rings is 1. The second kappa shape index (κ2) is 6.51. The van der Waals surface area contributed by atoms with Crippen molar-refractivity contribution in [2.45, 2.75) is 6.10 Å². The van der Waals surface area contributed by atoms with E-state index in [1.165, 1.54) is 0 Å². The first-order valence-electron chi connectivity index (χ1n) is 6.19. The van der Waals surface area contributed by atoms with E-state index >= 15 is 0 Å². The second-order valence-corrected chi connectivity index (χ2v) is 4.49. The molecule has 5 heteroatoms. The van der Waals surface area contributed by atoms with Gasteiger partial charge >= 0.3 is 0 Å². The van der Waals surface area contributed by atoms with Crippen molar-refractivity contribution in [3.8, 4) is 0 Å². The summed E-state index contributed by atoms with van der Waals surface area (Å²) in [5, 5.41) is 13.2. The molecule has 1 N–H and O–H groups in total. The maximum atomic E-state index is 8.86. The molecule has 1 unspecified atom stereocenters. The van der Waals surface area contributed by atoms with Gasteiger partial charge in [-0.15, -0.1) is 0 Å². The van der Waals surface area contributed by atoms with Crippen LogP contribution in [0.1, 0.15) is 0 Å². The van der Waals surface area contributed by atoms with Crippen molar-refractivity contribution in [1.29, 1.82) is 0 Å². The Kier molecular flexibility index (Phi) is 4.99. The first-order chi connectivity index (χ1) is 7.88. The van der Waals surface area contributed by atoms with Gasteiger partial charge in [0, 0.05) is 52.4 Å². The fourth-order valence-electron chi connectivity index (χ4n) is 2.31. The summed E-state index contributed by atoms with van der Waals surface area (Å²) in [4.78, 5) is 4.75. The lowest BCUT2D eigenvalue weighted by Crippen LogP contribution is -2.51. The maximum absolute atomic E-state index is 8.86. The summed E-state index contributed by atoms with van der Waals surface area (Å²) in [6, 6.07) is 0. The standard InChI is InChI=1S/C11H22N3O2/c15-7-6-13-2-4-14(5-3-13)10-11-9-12-1-8-16-11/h11,15H,1-10H2. The van der Waals surface area contributed by atoms with E-state index in [9.17, 15) is 0 Å². The smallest absolute Gasteiger partial charge is 0.0843 e. The summed E-state index contributed by atoms with van der Waals surface area (Å²) in [5.74, 6) is 0. The normalized spacial score (nSPS) is 29.4. The topological polar surface area (TPSA) is 50.0 Å². The molecule has 16 heavy (non-hydrogen) atoms. The van der Waals surface area contributed by atoms with Gasteiger partial charge in [0.15, 0.2) is 0 Å². The quantitative estimate of drug-likeness (QED) is 0.643. The van der Waals surface area contributed by atoms with E-state index in [2.05, 4.69) is 15.1 Å². The fourth-order valence-corrected chi connectivity index (χ4v) is 2.31. The van der Waals surface area contributed by atoms with Crippen molar-refractivity contribution in [1.82, 2.24) is 15.1 Å². The number of aliphatic hydroxyl groups excluding tert-OH is 1. The average molecular weight is 228 g/mol. The van der Waals surface area contributed by atoms with Crippen molar-refractivity contribution < 1.29 is 9.84 Å². The highest BCUT2D eigenvalue weighted by Crippen LogP contribution is 2.05. The molecule has 0 aromatic carbocycles. The number of ether oxygens (including phenoxy) is 1. The lowest BCUT2D eigenvalue weighted by Gasteiger charge is -2.36. The number of hydrogen-bond acceptors (Lipinski definition) is 4. The molecule has 2 rings (SSSR count). The largest absolute Gasteiger partial charge is 0.395 e. The van der Waals surface area contributed by atoms with Gasteiger partial charge in [0.2, 0.25) is 0 Å². The lowest BCUT2D eigenvalue weighted by molar-refractivity contribution is -0.00604. The molecule has 5 nitrogen and oxygen atoms in total. The Bertz CT molecular complexity index is 190. The molecule has 0 amide bonds. The van der Waals surface area contributed by atoms with Gasteiger partial charge in [-0.3, -0.25) is 9.80 Å². The van der Waals surface area contributed by atoms with Crippen molar-refractivity contribution in [3.05, 3.63) is 0 Å². The van der Waals surface area contributed by atoms with E-state index in [4.69, 9.17) is 9.84 Å². The van der Waals surface area contributed by atoms with Gasteiger partial charge in [-0.05, 0) is 0 Å². The van der Waals surface area contributed by atoms with Crippen molar-refractivity contribution in [3.63, 3.8) is 0 Å². The number of hydrogen-bond donors (Lipinski definition) is 1. The Labute approximate surface area is 97.4 Å². The Balaban J connectivity index is 1.64. The molecule has 2 fully saturated rings. The SMILES string of the molecule is OCCN1CCN(CC2C[N]CCO2)CC1. The van der Waals surface area contributed by atoms with Crippen LogP contribution in [0.25, 0.3) is 0 Å². The summed E-state index contributed by atoms with van der Waals surface area (Å²) < 4.78 is 5.67. The molecule has 0 aromatic rings. The van der Waals surface area contributed by atoms with Gasteiger partial charge in [0.1, 0.15) is 0 Å². The minimum atomic E-state index is 0.268. The summed E-state index contributed by atoms with van der Waals surface area (Å²) in [7, 11) is 0. The molecule has 0 saturated carbocycles. The molecular weight excluding hydrogens is 206 g/mol. The van der Waals surface area contributed by atoms with Gasteiger partial charge in [0.25, 0.3) is 0 Å². The Morgan fingerprint density at radius 3 is 2.56 bits per heavy atom. The highest BCUT2D eigenvalue weighted by molar-refractivity contribution is 4.76. The highest BCUT2D eigenvalue weighted by atomic mass is 16.5. The molecular formula is C11H22N3O2. The lowest BCUT2D eigenvalue weighted by atomic mass is 10.2. The maximum Gasteiger partial charge on any atom is 0.0843 e. The summed E-state index contributed by atoms with van der Waals surface area (Å²) in [6.07, 6.45) is 0.304. The van der Waals surface area contributed by atoms with Crippen molar-refractivity contribution in [2.75, 3.05) is 65.6 Å². The van der Waals surface area contributed by atoms with Gasteiger partial charge in [0.05, 0.1) is 19.3 Å². The summed E-state index contributed by atoms with van der Waals surface area (Å²) in [5.41, 5.74) is 0. The summed E-state index contributed by atoms with van der Waals surface area (Å²) >= 11 is 0. The van der Waals surface area contributed by atoms with E-state index in [0.717, 1.165) is 59.0 Å². The predicted octanol–water partition coefficient (Wildman–Crippen LogP) is -1.40. The fraction of sp³-hybridized carbons (Fsp3) is 1.00. The number of β-amino-alcohol motifs (C(OH)–C–C–N with tert-alkyl or cyclic N) is 1. The molecule has 93 valence electrons. The van der Waals surface area contributed by atoms with Crippen LogP contribution >= 0.6 is 0 Å². The van der Waals surface area contributed by atoms with Crippen LogP contribution < -0.4 is 5.32 Å². The molecule has 2 aliphatic heterocycles. The van der Waals surface area contributed by atoms with Crippen LogP contribution in [-0.4, -0.2) is 86.6 Å². The monoisotopic (exact) mass is 228 g/mol. The van der Waals surface area contributed by atoms with E-state index in [-0.39, 0.29) is 6.61 Å². The first kappa shape index (κ1) is 12.3. The van der Waals surface area contributed by atoms with E-state index in [1.54, 1.807) is 0 Å². The number of aliphatic hydroxyl groups is 1. The van der Waals surface area contributed by atoms with E-state index < -0.39 is 0 Å². The molecule has 2 heterocycles. The third-order valence-corrected chi connectivity index (χ3v) is 3.28. The van der Waals surface area contributed by atoms with Gasteiger partial charge in [-0.2, -0.15) is 0 Å². The molecule has 0 bridgehead atoms. The molecule has 2 aliphatic rings. The average Bonchev–Trinajstić information content (AvgIpc) is 2.33. The first-order valence-corrected chi connectivity index (χ1v) is 6.19. The molecule has 1 radical (unpaired) electrons. The predicted molar refractivity (Wildman–Crippen MR) is 61.6 cm³/mol. The molecule has 1 atom stereocenters. The number of nitrogens with zero attached hydrogens (tertiary/aromatic N) is 3. The Morgan fingerprint density at radius 2 is 1.94 bits per heavy atom. The third kappa shape index (κ3) is 3.68. The van der Waals surface area contributed by atoms with Crippen LogP contribution in [0, 0.1) is 0 Å². The van der Waals surface area contributed by atoms with Crippen LogP contribution in [0.2, 0.25) is 0 Å². The zero-order chi connectivity index (χ0) is 11.2. The summed E-state index contributed by atoms with van der Waals surface area (Å²) in [6.45, 7) is 8.88. The van der Waals surface area contributed by atoms with E-state index in [1.807, 2.05) is 0 Å². The zero-order valence-corrected chi connectivity index (χ0v) is 9.85. The number of rotatable bonds is 4. The minimum Gasteiger partial charge on any atom is -0.395 e. The molecule has 2 saturated heterocycles. The molecule has 0 aromatic heterocycles. The van der Waals surface area contributed by atoms with Gasteiger partial charge < -0.3 is 9.84 Å². The van der Waals surface area contributed by atoms with Crippen molar-refractivity contribution >= 4 is 0 Å². The second-order valence-electron chi connectivity index (χ2n) is 4.49. The van der Waals surface area contributed by atoms with Crippen LogP contribution in [0.4, 0.5) is 0 Å². The van der Waals surface area contributed by atoms with Crippen LogP contribution in [-0.2, 0) is 4.74 Å². The minimum absolute atomic E-state index is 0.268. The van der Waals surface area contributed by atoms with Gasteiger partial charge in [-0.1, -0.05) is 0 Å². The van der Waals surface area contributed by atoms with Crippen LogP contribution in [0.15, 0.2) is 0 Å². The van der Waals surface area contributed by atoms with Crippen LogP contribution in [0.3, 0.4) is 0 Å². The van der Waals surface area contributed by atoms with Gasteiger partial charge in [-0.25, -0.2) is 5.32 Å². The Hall–Kier alpha value is -0.200.